The van der Waals surface area contributed by atoms with Gasteiger partial charge >= 0.3 is 0 Å². The molecule has 0 spiro atoms. The Morgan fingerprint density at radius 1 is 1.13 bits per heavy atom. The molecule has 0 atom stereocenters. The summed E-state index contributed by atoms with van der Waals surface area (Å²) in [5, 5.41) is 4.19. The van der Waals surface area contributed by atoms with Crippen LogP contribution in [0, 0.1) is 13.8 Å². The molecule has 0 aliphatic heterocycles. The standard InChI is InChI=1S/C16H14N6O/c1-10-11(2)20-15-14(7-19-22(15)16(10)23)21-8-13(18-9-21)12-5-3-4-6-17-12/h3-9,20H,1-2H3. The van der Waals surface area contributed by atoms with E-state index in [0.29, 0.717) is 11.2 Å². The fourth-order valence-corrected chi connectivity index (χ4v) is 2.49. The summed E-state index contributed by atoms with van der Waals surface area (Å²) in [6.45, 7) is 3.66. The van der Waals surface area contributed by atoms with E-state index in [1.54, 1.807) is 25.6 Å². The first kappa shape index (κ1) is 13.4. The number of aromatic amines is 1. The van der Waals surface area contributed by atoms with Crippen molar-refractivity contribution in [3.63, 3.8) is 0 Å². The normalized spacial score (nSPS) is 11.2. The van der Waals surface area contributed by atoms with Gasteiger partial charge in [0, 0.05) is 23.7 Å². The van der Waals surface area contributed by atoms with Crippen LogP contribution in [-0.4, -0.2) is 29.1 Å². The lowest BCUT2D eigenvalue weighted by Crippen LogP contribution is -2.19. The third-order valence-electron chi connectivity index (χ3n) is 3.92. The summed E-state index contributed by atoms with van der Waals surface area (Å²) in [4.78, 5) is 24.2. The van der Waals surface area contributed by atoms with Gasteiger partial charge in [0.2, 0.25) is 0 Å². The molecule has 4 aromatic heterocycles. The summed E-state index contributed by atoms with van der Waals surface area (Å²) in [6, 6.07) is 5.68. The van der Waals surface area contributed by atoms with Crippen LogP contribution >= 0.6 is 0 Å². The van der Waals surface area contributed by atoms with Gasteiger partial charge in [-0.15, -0.1) is 0 Å². The summed E-state index contributed by atoms with van der Waals surface area (Å²) in [6.07, 6.45) is 6.94. The van der Waals surface area contributed by atoms with Gasteiger partial charge in [-0.3, -0.25) is 9.78 Å². The smallest absolute Gasteiger partial charge is 0.277 e. The molecule has 0 fully saturated rings. The molecule has 7 heteroatoms. The van der Waals surface area contributed by atoms with E-state index in [1.807, 2.05) is 35.9 Å². The van der Waals surface area contributed by atoms with Crippen molar-refractivity contribution >= 4 is 5.65 Å². The van der Waals surface area contributed by atoms with Crippen LogP contribution in [0.3, 0.4) is 0 Å². The van der Waals surface area contributed by atoms with Crippen LogP contribution in [0.25, 0.3) is 22.7 Å². The van der Waals surface area contributed by atoms with E-state index in [4.69, 9.17) is 0 Å². The van der Waals surface area contributed by atoms with Crippen molar-refractivity contribution in [1.29, 1.82) is 0 Å². The van der Waals surface area contributed by atoms with Crippen molar-refractivity contribution in [2.75, 3.05) is 0 Å². The van der Waals surface area contributed by atoms with Crippen molar-refractivity contribution in [3.8, 4) is 17.1 Å². The molecule has 0 radical (unpaired) electrons. The van der Waals surface area contributed by atoms with E-state index in [9.17, 15) is 4.79 Å². The molecule has 0 unspecified atom stereocenters. The van der Waals surface area contributed by atoms with E-state index in [0.717, 1.165) is 22.8 Å². The summed E-state index contributed by atoms with van der Waals surface area (Å²) in [5.74, 6) is 0. The first-order valence-electron chi connectivity index (χ1n) is 7.18. The van der Waals surface area contributed by atoms with Crippen molar-refractivity contribution in [2.45, 2.75) is 13.8 Å². The molecule has 0 bridgehead atoms. The molecular weight excluding hydrogens is 292 g/mol. The van der Waals surface area contributed by atoms with Gasteiger partial charge in [-0.05, 0) is 26.0 Å². The molecule has 7 nitrogen and oxygen atoms in total. The number of rotatable bonds is 2. The molecule has 0 saturated carbocycles. The number of nitrogens with one attached hydrogen (secondary N) is 1. The third kappa shape index (κ3) is 2.05. The number of nitrogens with zero attached hydrogens (tertiary/aromatic N) is 5. The molecule has 0 aliphatic rings. The molecule has 23 heavy (non-hydrogen) atoms. The average Bonchev–Trinajstić information content (AvgIpc) is 3.20. The van der Waals surface area contributed by atoms with Crippen LogP contribution in [0.2, 0.25) is 0 Å². The van der Waals surface area contributed by atoms with Gasteiger partial charge in [0.1, 0.15) is 17.7 Å². The SMILES string of the molecule is Cc1[nH]c2c(-n3cnc(-c4ccccn4)c3)cnn2c(=O)c1C. The topological polar surface area (TPSA) is 80.9 Å². The Morgan fingerprint density at radius 3 is 2.78 bits per heavy atom. The highest BCUT2D eigenvalue weighted by Gasteiger charge is 2.13. The average molecular weight is 306 g/mol. The zero-order valence-corrected chi connectivity index (χ0v) is 12.7. The van der Waals surface area contributed by atoms with Gasteiger partial charge in [0.15, 0.2) is 5.65 Å². The van der Waals surface area contributed by atoms with E-state index in [2.05, 4.69) is 20.1 Å². The van der Waals surface area contributed by atoms with Gasteiger partial charge < -0.3 is 9.55 Å². The second kappa shape index (κ2) is 4.91. The Labute approximate surface area is 131 Å². The number of imidazole rings is 1. The molecule has 114 valence electrons. The Morgan fingerprint density at radius 2 is 2.00 bits per heavy atom. The van der Waals surface area contributed by atoms with Crippen molar-refractivity contribution in [1.82, 2.24) is 29.1 Å². The van der Waals surface area contributed by atoms with Gasteiger partial charge in [-0.25, -0.2) is 4.98 Å². The number of aryl methyl sites for hydroxylation is 1. The lowest BCUT2D eigenvalue weighted by Gasteiger charge is -2.03. The van der Waals surface area contributed by atoms with E-state index in [1.165, 1.54) is 4.52 Å². The van der Waals surface area contributed by atoms with Crippen LogP contribution in [0.15, 0.2) is 47.9 Å². The summed E-state index contributed by atoms with van der Waals surface area (Å²) < 4.78 is 3.20. The molecule has 0 aromatic carbocycles. The van der Waals surface area contributed by atoms with Crippen LogP contribution in [0.5, 0.6) is 0 Å². The summed E-state index contributed by atoms with van der Waals surface area (Å²) in [5.41, 5.74) is 4.33. The van der Waals surface area contributed by atoms with Crippen molar-refractivity contribution in [2.24, 2.45) is 0 Å². The predicted molar refractivity (Wildman–Crippen MR) is 85.6 cm³/mol. The molecule has 0 saturated heterocycles. The number of H-pyrrole nitrogens is 1. The molecule has 4 heterocycles. The first-order chi connectivity index (χ1) is 11.1. The summed E-state index contributed by atoms with van der Waals surface area (Å²) in [7, 11) is 0. The molecular formula is C16H14N6O. The van der Waals surface area contributed by atoms with Crippen molar-refractivity contribution in [3.05, 3.63) is 64.7 Å². The Kier molecular flexibility index (Phi) is 2.87. The predicted octanol–water partition coefficient (Wildman–Crippen LogP) is 1.89. The maximum atomic E-state index is 12.3. The zero-order valence-electron chi connectivity index (χ0n) is 12.7. The van der Waals surface area contributed by atoms with E-state index in [-0.39, 0.29) is 5.56 Å². The maximum Gasteiger partial charge on any atom is 0.277 e. The van der Waals surface area contributed by atoms with Crippen LogP contribution in [0.4, 0.5) is 0 Å². The largest absolute Gasteiger partial charge is 0.342 e. The second-order valence-corrected chi connectivity index (χ2v) is 5.35. The Balaban J connectivity index is 1.88. The monoisotopic (exact) mass is 306 g/mol. The van der Waals surface area contributed by atoms with Gasteiger partial charge in [-0.2, -0.15) is 9.61 Å². The number of fused-ring (bicyclic) bond motifs is 1. The molecule has 0 aliphatic carbocycles. The highest BCUT2D eigenvalue weighted by molar-refractivity contribution is 5.61. The molecule has 1 N–H and O–H groups in total. The second-order valence-electron chi connectivity index (χ2n) is 5.35. The fourth-order valence-electron chi connectivity index (χ4n) is 2.49. The van der Waals surface area contributed by atoms with Gasteiger partial charge in [0.25, 0.3) is 5.56 Å². The summed E-state index contributed by atoms with van der Waals surface area (Å²) >= 11 is 0. The number of hydrogen-bond donors (Lipinski definition) is 1. The molecule has 4 rings (SSSR count). The highest BCUT2D eigenvalue weighted by Crippen LogP contribution is 2.18. The Bertz CT molecular complexity index is 1060. The number of aromatic nitrogens is 6. The minimum atomic E-state index is -0.118. The highest BCUT2D eigenvalue weighted by atomic mass is 16.1. The van der Waals surface area contributed by atoms with E-state index >= 15 is 0 Å². The number of hydrogen-bond acceptors (Lipinski definition) is 4. The lowest BCUT2D eigenvalue weighted by atomic mass is 10.3. The lowest BCUT2D eigenvalue weighted by molar-refractivity contribution is 0.873. The quantitative estimate of drug-likeness (QED) is 0.613. The minimum absolute atomic E-state index is 0.118. The zero-order chi connectivity index (χ0) is 16.0. The maximum absolute atomic E-state index is 12.3. The van der Waals surface area contributed by atoms with Gasteiger partial charge in [-0.1, -0.05) is 6.07 Å². The molecule has 0 amide bonds. The van der Waals surface area contributed by atoms with Gasteiger partial charge in [0.05, 0.1) is 11.9 Å². The fraction of sp³-hybridized carbons (Fsp3) is 0.125. The Hall–Kier alpha value is -3.22. The minimum Gasteiger partial charge on any atom is -0.342 e. The first-order valence-corrected chi connectivity index (χ1v) is 7.18. The van der Waals surface area contributed by atoms with Crippen LogP contribution in [-0.2, 0) is 0 Å². The molecule has 4 aromatic rings. The van der Waals surface area contributed by atoms with Crippen molar-refractivity contribution < 1.29 is 0 Å². The van der Waals surface area contributed by atoms with Crippen LogP contribution in [0.1, 0.15) is 11.3 Å². The van der Waals surface area contributed by atoms with Crippen LogP contribution < -0.4 is 5.56 Å². The van der Waals surface area contributed by atoms with E-state index < -0.39 is 0 Å². The third-order valence-corrected chi connectivity index (χ3v) is 3.92. The number of pyridine rings is 1.